The van der Waals surface area contributed by atoms with Crippen LogP contribution < -0.4 is 10.1 Å². The summed E-state index contributed by atoms with van der Waals surface area (Å²) in [5.41, 5.74) is 1.22. The molecule has 0 amide bonds. The zero-order valence-electron chi connectivity index (χ0n) is 12.5. The van der Waals surface area contributed by atoms with E-state index in [1.165, 1.54) is 31.5 Å². The summed E-state index contributed by atoms with van der Waals surface area (Å²) >= 11 is 3.55. The van der Waals surface area contributed by atoms with E-state index >= 15 is 0 Å². The Morgan fingerprint density at radius 3 is 2.80 bits per heavy atom. The van der Waals surface area contributed by atoms with E-state index in [4.69, 9.17) is 4.74 Å². The number of nitrogens with one attached hydrogen (secondary N) is 1. The second kappa shape index (κ2) is 8.01. The number of rotatable bonds is 7. The van der Waals surface area contributed by atoms with E-state index in [1.807, 2.05) is 6.07 Å². The maximum atomic E-state index is 6.02. The smallest absolute Gasteiger partial charge is 0.124 e. The van der Waals surface area contributed by atoms with E-state index in [2.05, 4.69) is 52.1 Å². The number of likely N-dealkylation sites (tertiary alicyclic amines) is 1. The summed E-state index contributed by atoms with van der Waals surface area (Å²) in [6, 6.07) is 6.57. The topological polar surface area (TPSA) is 24.5 Å². The van der Waals surface area contributed by atoms with Crippen LogP contribution in [0.15, 0.2) is 22.7 Å². The first-order valence-corrected chi connectivity index (χ1v) is 8.38. The van der Waals surface area contributed by atoms with Crippen LogP contribution >= 0.6 is 15.9 Å². The van der Waals surface area contributed by atoms with Crippen LogP contribution in [-0.4, -0.2) is 37.7 Å². The van der Waals surface area contributed by atoms with Gasteiger partial charge in [0.15, 0.2) is 0 Å². The molecule has 0 saturated carbocycles. The molecule has 1 heterocycles. The van der Waals surface area contributed by atoms with Gasteiger partial charge in [-0.15, -0.1) is 0 Å². The molecule has 1 aliphatic heterocycles. The molecule has 0 aromatic heterocycles. The molecule has 112 valence electrons. The van der Waals surface area contributed by atoms with Crippen molar-refractivity contribution in [3.05, 3.63) is 28.2 Å². The van der Waals surface area contributed by atoms with Gasteiger partial charge in [-0.2, -0.15) is 0 Å². The van der Waals surface area contributed by atoms with Crippen LogP contribution in [0.4, 0.5) is 0 Å². The Hall–Kier alpha value is -0.580. The molecule has 1 fully saturated rings. The first-order chi connectivity index (χ1) is 9.70. The van der Waals surface area contributed by atoms with Crippen molar-refractivity contribution in [1.82, 2.24) is 10.2 Å². The van der Waals surface area contributed by atoms with Gasteiger partial charge in [0.1, 0.15) is 12.4 Å². The molecule has 2 rings (SSSR count). The minimum atomic E-state index is 0.305. The van der Waals surface area contributed by atoms with Gasteiger partial charge < -0.3 is 10.1 Å². The van der Waals surface area contributed by atoms with Crippen molar-refractivity contribution in [3.8, 4) is 5.75 Å². The fraction of sp³-hybridized carbons (Fsp3) is 0.625. The highest BCUT2D eigenvalue weighted by Gasteiger charge is 2.14. The van der Waals surface area contributed by atoms with Gasteiger partial charge in [0, 0.05) is 22.6 Å². The lowest BCUT2D eigenvalue weighted by Gasteiger charge is -2.20. The normalized spacial score (nSPS) is 17.4. The zero-order valence-corrected chi connectivity index (χ0v) is 14.1. The van der Waals surface area contributed by atoms with Gasteiger partial charge in [0.2, 0.25) is 0 Å². The van der Waals surface area contributed by atoms with Gasteiger partial charge in [-0.1, -0.05) is 22.9 Å². The third-order valence-electron chi connectivity index (χ3n) is 3.81. The highest BCUT2D eigenvalue weighted by Crippen LogP contribution is 2.28. The fourth-order valence-corrected chi connectivity index (χ4v) is 3.08. The Bertz CT molecular complexity index is 419. The maximum absolute atomic E-state index is 6.02. The molecule has 1 aromatic carbocycles. The van der Waals surface area contributed by atoms with E-state index in [-0.39, 0.29) is 0 Å². The molecule has 20 heavy (non-hydrogen) atoms. The van der Waals surface area contributed by atoms with Crippen LogP contribution in [0.25, 0.3) is 0 Å². The fourth-order valence-electron chi connectivity index (χ4n) is 2.70. The molecule has 1 aromatic rings. The molecule has 1 saturated heterocycles. The quantitative estimate of drug-likeness (QED) is 0.820. The summed E-state index contributed by atoms with van der Waals surface area (Å²) in [6.45, 7) is 9.52. The lowest BCUT2D eigenvalue weighted by atomic mass is 10.1. The minimum Gasteiger partial charge on any atom is -0.492 e. The van der Waals surface area contributed by atoms with Gasteiger partial charge in [-0.3, -0.25) is 4.90 Å². The maximum Gasteiger partial charge on any atom is 0.124 e. The third kappa shape index (κ3) is 4.47. The third-order valence-corrected chi connectivity index (χ3v) is 4.31. The van der Waals surface area contributed by atoms with Crippen molar-refractivity contribution < 1.29 is 4.74 Å². The molecule has 0 aliphatic carbocycles. The summed E-state index contributed by atoms with van der Waals surface area (Å²) in [5, 5.41) is 3.45. The number of hydrogen-bond donors (Lipinski definition) is 1. The molecular formula is C16H25BrN2O. The lowest BCUT2D eigenvalue weighted by molar-refractivity contribution is 0.235. The van der Waals surface area contributed by atoms with Crippen LogP contribution in [-0.2, 0) is 0 Å². The largest absolute Gasteiger partial charge is 0.492 e. The molecule has 4 heteroatoms. The molecule has 0 bridgehead atoms. The molecule has 1 N–H and O–H groups in total. The number of halogens is 1. The van der Waals surface area contributed by atoms with E-state index < -0.39 is 0 Å². The summed E-state index contributed by atoms with van der Waals surface area (Å²) in [7, 11) is 0. The molecular weight excluding hydrogens is 316 g/mol. The second-order valence-electron chi connectivity index (χ2n) is 5.36. The average molecular weight is 341 g/mol. The zero-order chi connectivity index (χ0) is 14.4. The van der Waals surface area contributed by atoms with Crippen LogP contribution in [0.3, 0.4) is 0 Å². The highest BCUT2D eigenvalue weighted by atomic mass is 79.9. The number of benzene rings is 1. The Kier molecular flexibility index (Phi) is 6.33. The van der Waals surface area contributed by atoms with Crippen molar-refractivity contribution in [1.29, 1.82) is 0 Å². The average Bonchev–Trinajstić information content (AvgIpc) is 2.94. The molecule has 0 spiro atoms. The predicted molar refractivity (Wildman–Crippen MR) is 87.4 cm³/mol. The Morgan fingerprint density at radius 2 is 2.10 bits per heavy atom. The molecule has 1 atom stereocenters. The van der Waals surface area contributed by atoms with Crippen molar-refractivity contribution in [2.75, 3.05) is 32.8 Å². The van der Waals surface area contributed by atoms with Crippen LogP contribution in [0.1, 0.15) is 38.3 Å². The van der Waals surface area contributed by atoms with Gasteiger partial charge >= 0.3 is 0 Å². The first kappa shape index (κ1) is 15.8. The summed E-state index contributed by atoms with van der Waals surface area (Å²) in [4.78, 5) is 2.48. The number of hydrogen-bond acceptors (Lipinski definition) is 3. The Labute approximate surface area is 130 Å². The van der Waals surface area contributed by atoms with E-state index in [1.54, 1.807) is 0 Å². The lowest BCUT2D eigenvalue weighted by Crippen LogP contribution is -2.25. The SMILES string of the molecule is CCNC(C)c1cc(Br)ccc1OCCN1CCCC1. The van der Waals surface area contributed by atoms with Crippen LogP contribution in [0.5, 0.6) is 5.75 Å². The van der Waals surface area contributed by atoms with Gasteiger partial charge in [-0.05, 0) is 57.6 Å². The van der Waals surface area contributed by atoms with Gasteiger partial charge in [0.25, 0.3) is 0 Å². The summed E-state index contributed by atoms with van der Waals surface area (Å²) in [5.74, 6) is 1.00. The van der Waals surface area contributed by atoms with Gasteiger partial charge in [-0.25, -0.2) is 0 Å². The summed E-state index contributed by atoms with van der Waals surface area (Å²) in [6.07, 6.45) is 2.67. The Morgan fingerprint density at radius 1 is 1.35 bits per heavy atom. The van der Waals surface area contributed by atoms with Crippen LogP contribution in [0, 0.1) is 0 Å². The number of nitrogens with zero attached hydrogens (tertiary/aromatic N) is 1. The molecule has 3 nitrogen and oxygen atoms in total. The Balaban J connectivity index is 1.94. The number of ether oxygens (including phenoxy) is 1. The van der Waals surface area contributed by atoms with Crippen molar-refractivity contribution in [3.63, 3.8) is 0 Å². The molecule has 0 radical (unpaired) electrons. The monoisotopic (exact) mass is 340 g/mol. The first-order valence-electron chi connectivity index (χ1n) is 7.58. The summed E-state index contributed by atoms with van der Waals surface area (Å²) < 4.78 is 7.12. The van der Waals surface area contributed by atoms with Crippen LogP contribution in [0.2, 0.25) is 0 Å². The highest BCUT2D eigenvalue weighted by molar-refractivity contribution is 9.10. The van der Waals surface area contributed by atoms with Crippen molar-refractivity contribution in [2.24, 2.45) is 0 Å². The van der Waals surface area contributed by atoms with Crippen molar-refractivity contribution >= 4 is 15.9 Å². The van der Waals surface area contributed by atoms with E-state index in [0.29, 0.717) is 6.04 Å². The minimum absolute atomic E-state index is 0.305. The molecule has 1 unspecified atom stereocenters. The standard InChI is InChI=1S/C16H25BrN2O/c1-3-18-13(2)15-12-14(17)6-7-16(15)20-11-10-19-8-4-5-9-19/h6-7,12-13,18H,3-5,8-11H2,1-2H3. The van der Waals surface area contributed by atoms with Gasteiger partial charge in [0.05, 0.1) is 0 Å². The van der Waals surface area contributed by atoms with E-state index in [9.17, 15) is 0 Å². The van der Waals surface area contributed by atoms with Crippen molar-refractivity contribution in [2.45, 2.75) is 32.7 Å². The predicted octanol–water partition coefficient (Wildman–Crippen LogP) is 3.59. The molecule has 1 aliphatic rings. The second-order valence-corrected chi connectivity index (χ2v) is 6.27. The van der Waals surface area contributed by atoms with E-state index in [0.717, 1.165) is 29.9 Å².